The van der Waals surface area contributed by atoms with Crippen molar-refractivity contribution in [1.82, 2.24) is 10.2 Å². The van der Waals surface area contributed by atoms with Crippen LogP contribution in [-0.4, -0.2) is 41.6 Å². The maximum Gasteiger partial charge on any atom is 0.407 e. The Morgan fingerprint density at radius 3 is 2.68 bits per heavy atom. The van der Waals surface area contributed by atoms with Crippen LogP contribution in [0.1, 0.15) is 48.2 Å². The largest absolute Gasteiger partial charge is 0.444 e. The number of thiophene rings is 1. The van der Waals surface area contributed by atoms with Gasteiger partial charge in [0.05, 0.1) is 11.4 Å². The number of piperidine rings is 1. The van der Waals surface area contributed by atoms with Gasteiger partial charge in [-0.15, -0.1) is 11.3 Å². The Balaban J connectivity index is 1.83. The molecule has 25 heavy (non-hydrogen) atoms. The number of carbonyl (C=O) groups is 2. The normalized spacial score (nSPS) is 15.4. The summed E-state index contributed by atoms with van der Waals surface area (Å²) in [5.41, 5.74) is 7.83. The number of nitrogens with zero attached hydrogens (tertiary/aromatic N) is 4. The quantitative estimate of drug-likeness (QED) is 0.499. The average Bonchev–Trinajstić information content (AvgIpc) is 3.00. The van der Waals surface area contributed by atoms with Gasteiger partial charge in [-0.05, 0) is 51.3 Å². The highest BCUT2D eigenvalue weighted by Crippen LogP contribution is 2.21. The van der Waals surface area contributed by atoms with Crippen molar-refractivity contribution >= 4 is 23.3 Å². The van der Waals surface area contributed by atoms with Gasteiger partial charge in [0.1, 0.15) is 5.60 Å². The first-order valence-electron chi connectivity index (χ1n) is 8.17. The Morgan fingerprint density at radius 2 is 2.08 bits per heavy atom. The van der Waals surface area contributed by atoms with E-state index in [0.29, 0.717) is 30.8 Å². The van der Waals surface area contributed by atoms with Crippen LogP contribution in [0.5, 0.6) is 0 Å². The molecule has 1 aromatic rings. The van der Waals surface area contributed by atoms with E-state index in [2.05, 4.69) is 15.3 Å². The van der Waals surface area contributed by atoms with Crippen molar-refractivity contribution in [1.29, 1.82) is 0 Å². The molecule has 2 amide bonds. The second-order valence-corrected chi connectivity index (χ2v) is 8.04. The molecule has 9 heteroatoms. The summed E-state index contributed by atoms with van der Waals surface area (Å²) < 4.78 is 5.26. The molecule has 0 radical (unpaired) electrons. The first kappa shape index (κ1) is 19.1. The van der Waals surface area contributed by atoms with E-state index in [-0.39, 0.29) is 18.5 Å². The van der Waals surface area contributed by atoms with Crippen LogP contribution < -0.4 is 5.32 Å². The number of nitrogens with one attached hydrogen (secondary N) is 1. The third kappa shape index (κ3) is 5.95. The highest BCUT2D eigenvalue weighted by Gasteiger charge is 2.26. The maximum atomic E-state index is 12.5. The summed E-state index contributed by atoms with van der Waals surface area (Å²) in [6.45, 7) is 6.91. The lowest BCUT2D eigenvalue weighted by Gasteiger charge is -2.32. The Kier molecular flexibility index (Phi) is 6.27. The number of azide groups is 1. The first-order chi connectivity index (χ1) is 11.8. The molecule has 1 aliphatic rings. The molecule has 0 bridgehead atoms. The molecule has 8 nitrogen and oxygen atoms in total. The molecule has 0 saturated carbocycles. The third-order valence-electron chi connectivity index (χ3n) is 3.67. The molecule has 0 spiro atoms. The standard InChI is InChI=1S/C16H23N5O3S/c1-16(2,3)24-15(23)19-11-6-8-21(9-7-11)14(22)13-5-4-12(25-13)10-18-20-17/h4-5,11H,6-10H2,1-3H3,(H,19,23). The van der Waals surface area contributed by atoms with Gasteiger partial charge < -0.3 is 15.0 Å². The molecule has 2 heterocycles. The van der Waals surface area contributed by atoms with Gasteiger partial charge in [0.25, 0.3) is 5.91 Å². The van der Waals surface area contributed by atoms with Crippen LogP contribution in [0.3, 0.4) is 0 Å². The predicted octanol–water partition coefficient (Wildman–Crippen LogP) is 3.69. The van der Waals surface area contributed by atoms with E-state index in [1.54, 1.807) is 11.0 Å². The minimum absolute atomic E-state index is 0.0164. The molecule has 1 saturated heterocycles. The van der Waals surface area contributed by atoms with Gasteiger partial charge in [-0.25, -0.2) is 4.79 Å². The highest BCUT2D eigenvalue weighted by molar-refractivity contribution is 7.14. The lowest BCUT2D eigenvalue weighted by atomic mass is 10.1. The maximum absolute atomic E-state index is 12.5. The highest BCUT2D eigenvalue weighted by atomic mass is 32.1. The van der Waals surface area contributed by atoms with Gasteiger partial charge >= 0.3 is 6.09 Å². The van der Waals surface area contributed by atoms with E-state index in [0.717, 1.165) is 4.88 Å². The van der Waals surface area contributed by atoms with E-state index in [1.807, 2.05) is 26.8 Å². The van der Waals surface area contributed by atoms with Crippen molar-refractivity contribution < 1.29 is 14.3 Å². The number of rotatable bonds is 4. The molecule has 1 aromatic heterocycles. The van der Waals surface area contributed by atoms with E-state index >= 15 is 0 Å². The van der Waals surface area contributed by atoms with E-state index in [9.17, 15) is 9.59 Å². The Labute approximate surface area is 150 Å². The Bertz CT molecular complexity index is 668. The molecular formula is C16H23N5O3S. The summed E-state index contributed by atoms with van der Waals surface area (Å²) in [7, 11) is 0. The fraction of sp³-hybridized carbons (Fsp3) is 0.625. The number of likely N-dealkylation sites (tertiary alicyclic amines) is 1. The molecule has 0 aromatic carbocycles. The SMILES string of the molecule is CC(C)(C)OC(=O)NC1CCN(C(=O)c2ccc(CN=[N+]=[N-])s2)CC1. The van der Waals surface area contributed by atoms with Crippen LogP contribution in [0.4, 0.5) is 4.79 Å². The number of hydrogen-bond acceptors (Lipinski definition) is 5. The van der Waals surface area contributed by atoms with Gasteiger partial charge in [0.15, 0.2) is 0 Å². The van der Waals surface area contributed by atoms with Crippen LogP contribution >= 0.6 is 11.3 Å². The van der Waals surface area contributed by atoms with Crippen molar-refractivity contribution in [2.24, 2.45) is 5.11 Å². The first-order valence-corrected chi connectivity index (χ1v) is 8.98. The van der Waals surface area contributed by atoms with Gasteiger partial charge in [0, 0.05) is 28.9 Å². The van der Waals surface area contributed by atoms with E-state index < -0.39 is 11.7 Å². The van der Waals surface area contributed by atoms with Gasteiger partial charge in [-0.3, -0.25) is 4.79 Å². The minimum Gasteiger partial charge on any atom is -0.444 e. The summed E-state index contributed by atoms with van der Waals surface area (Å²) in [4.78, 5) is 30.3. The molecule has 2 rings (SSSR count). The molecule has 136 valence electrons. The van der Waals surface area contributed by atoms with Crippen LogP contribution in [-0.2, 0) is 11.3 Å². The van der Waals surface area contributed by atoms with Crippen molar-refractivity contribution in [2.75, 3.05) is 13.1 Å². The molecule has 0 atom stereocenters. The number of amides is 2. The smallest absolute Gasteiger partial charge is 0.407 e. The molecule has 1 N–H and O–H groups in total. The summed E-state index contributed by atoms with van der Waals surface area (Å²) in [5.74, 6) is -0.0205. The second kappa shape index (κ2) is 8.22. The summed E-state index contributed by atoms with van der Waals surface area (Å²) in [6.07, 6.45) is 0.974. The van der Waals surface area contributed by atoms with Crippen LogP contribution in [0.2, 0.25) is 0 Å². The van der Waals surface area contributed by atoms with Crippen LogP contribution in [0, 0.1) is 0 Å². The third-order valence-corrected chi connectivity index (χ3v) is 4.72. The zero-order chi connectivity index (χ0) is 18.4. The number of ether oxygens (including phenoxy) is 1. The number of carbonyl (C=O) groups excluding carboxylic acids is 2. The van der Waals surface area contributed by atoms with Crippen molar-refractivity contribution in [2.45, 2.75) is 51.8 Å². The summed E-state index contributed by atoms with van der Waals surface area (Å²) >= 11 is 1.35. The zero-order valence-corrected chi connectivity index (χ0v) is 15.5. The van der Waals surface area contributed by atoms with E-state index in [1.165, 1.54) is 11.3 Å². The predicted molar refractivity (Wildman–Crippen MR) is 95.5 cm³/mol. The van der Waals surface area contributed by atoms with E-state index in [4.69, 9.17) is 10.3 Å². The number of hydrogen-bond donors (Lipinski definition) is 1. The fourth-order valence-corrected chi connectivity index (χ4v) is 3.43. The minimum atomic E-state index is -0.521. The van der Waals surface area contributed by atoms with Crippen molar-refractivity contribution in [3.63, 3.8) is 0 Å². The average molecular weight is 365 g/mol. The molecule has 1 fully saturated rings. The van der Waals surface area contributed by atoms with Crippen LogP contribution in [0.15, 0.2) is 17.2 Å². The van der Waals surface area contributed by atoms with Crippen molar-refractivity contribution in [3.8, 4) is 0 Å². The van der Waals surface area contributed by atoms with Crippen molar-refractivity contribution in [3.05, 3.63) is 32.3 Å². The Hall–Kier alpha value is -2.25. The van der Waals surface area contributed by atoms with Gasteiger partial charge in [-0.1, -0.05) is 5.11 Å². The monoisotopic (exact) mass is 365 g/mol. The topological polar surface area (TPSA) is 107 Å². The van der Waals surface area contributed by atoms with Gasteiger partial charge in [-0.2, -0.15) is 0 Å². The molecular weight excluding hydrogens is 342 g/mol. The number of alkyl carbamates (subject to hydrolysis) is 1. The fourth-order valence-electron chi connectivity index (χ4n) is 2.54. The zero-order valence-electron chi connectivity index (χ0n) is 14.7. The van der Waals surface area contributed by atoms with Crippen LogP contribution in [0.25, 0.3) is 10.4 Å². The lowest BCUT2D eigenvalue weighted by Crippen LogP contribution is -2.47. The molecule has 0 unspecified atom stereocenters. The second-order valence-electron chi connectivity index (χ2n) is 6.87. The summed E-state index contributed by atoms with van der Waals surface area (Å²) in [6, 6.07) is 3.59. The lowest BCUT2D eigenvalue weighted by molar-refractivity contribution is 0.0474. The molecule has 1 aliphatic heterocycles. The Morgan fingerprint density at radius 1 is 1.40 bits per heavy atom. The van der Waals surface area contributed by atoms with Gasteiger partial charge in [0.2, 0.25) is 0 Å². The molecule has 0 aliphatic carbocycles. The summed E-state index contributed by atoms with van der Waals surface area (Å²) in [5, 5.41) is 6.36.